The van der Waals surface area contributed by atoms with Crippen molar-refractivity contribution in [3.05, 3.63) is 81.0 Å². The third-order valence-corrected chi connectivity index (χ3v) is 7.27. The zero-order valence-electron chi connectivity index (χ0n) is 22.5. The van der Waals surface area contributed by atoms with Gasteiger partial charge < -0.3 is 19.7 Å². The summed E-state index contributed by atoms with van der Waals surface area (Å²) < 4.78 is 40.9. The molecule has 1 aliphatic rings. The van der Waals surface area contributed by atoms with Crippen LogP contribution in [0.25, 0.3) is 0 Å². The van der Waals surface area contributed by atoms with E-state index in [0.717, 1.165) is 29.6 Å². The second-order valence-corrected chi connectivity index (χ2v) is 10.2. The molecular formula is C27H25F2N7O5S. The van der Waals surface area contributed by atoms with Crippen LogP contribution in [-0.2, 0) is 11.2 Å². The summed E-state index contributed by atoms with van der Waals surface area (Å²) in [7, 11) is 1.51. The number of halogens is 2. The highest BCUT2D eigenvalue weighted by Crippen LogP contribution is 2.39. The second kappa shape index (κ2) is 12.5. The number of aromatic amines is 1. The molecule has 3 heterocycles. The van der Waals surface area contributed by atoms with Gasteiger partial charge in [0, 0.05) is 48.5 Å². The number of methoxy groups -OCH3 is 1. The maximum atomic E-state index is 15.3. The summed E-state index contributed by atoms with van der Waals surface area (Å²) in [4.78, 5) is 34.3. The molecule has 4 aromatic rings. The van der Waals surface area contributed by atoms with Crippen LogP contribution in [-0.4, -0.2) is 64.3 Å². The van der Waals surface area contributed by atoms with Gasteiger partial charge in [-0.1, -0.05) is 18.2 Å². The number of carbonyl (C=O) groups is 1. The molecule has 0 saturated carbocycles. The van der Waals surface area contributed by atoms with Crippen molar-refractivity contribution in [2.24, 2.45) is 0 Å². The first-order chi connectivity index (χ1) is 20.2. The molecule has 0 unspecified atom stereocenters. The number of nitrogens with zero attached hydrogens (tertiary/aromatic N) is 5. The first-order valence-corrected chi connectivity index (χ1v) is 13.5. The van der Waals surface area contributed by atoms with E-state index in [4.69, 9.17) is 9.47 Å². The van der Waals surface area contributed by atoms with E-state index >= 15 is 4.39 Å². The van der Waals surface area contributed by atoms with Crippen LogP contribution in [0, 0.1) is 28.7 Å². The summed E-state index contributed by atoms with van der Waals surface area (Å²) >= 11 is 0.948. The number of anilines is 3. The van der Waals surface area contributed by atoms with Gasteiger partial charge in [0.15, 0.2) is 28.4 Å². The zero-order chi connectivity index (χ0) is 29.8. The van der Waals surface area contributed by atoms with Gasteiger partial charge in [0.2, 0.25) is 11.6 Å². The Morgan fingerprint density at radius 2 is 2.00 bits per heavy atom. The van der Waals surface area contributed by atoms with E-state index in [9.17, 15) is 19.3 Å². The van der Waals surface area contributed by atoms with Gasteiger partial charge in [-0.3, -0.25) is 20.0 Å². The molecule has 0 atom stereocenters. The highest BCUT2D eigenvalue weighted by molar-refractivity contribution is 7.99. The smallest absolute Gasteiger partial charge is 0.305 e. The molecule has 12 nitrogen and oxygen atoms in total. The largest absolute Gasteiger partial charge is 0.490 e. The molecule has 0 amide bonds. The number of carbonyl (C=O) groups excluding carboxylic acids is 1. The predicted octanol–water partition coefficient (Wildman–Crippen LogP) is 4.86. The summed E-state index contributed by atoms with van der Waals surface area (Å²) in [6, 6.07) is 9.22. The van der Waals surface area contributed by atoms with Gasteiger partial charge >= 0.3 is 5.69 Å². The summed E-state index contributed by atoms with van der Waals surface area (Å²) in [5, 5.41) is 21.4. The summed E-state index contributed by atoms with van der Waals surface area (Å²) in [6.07, 6.45) is -0.467. The van der Waals surface area contributed by atoms with Gasteiger partial charge in [-0.2, -0.15) is 9.49 Å². The molecule has 1 fully saturated rings. The number of nitrogens with one attached hydrogen (secondary N) is 2. The third-order valence-electron chi connectivity index (χ3n) is 6.36. The summed E-state index contributed by atoms with van der Waals surface area (Å²) in [5.41, 5.74) is -0.0601. The number of nitro groups is 1. The Balaban J connectivity index is 1.42. The minimum absolute atomic E-state index is 0.0105. The van der Waals surface area contributed by atoms with Gasteiger partial charge in [-0.25, -0.2) is 14.4 Å². The molecule has 1 aliphatic heterocycles. The van der Waals surface area contributed by atoms with Crippen LogP contribution in [0.15, 0.2) is 52.5 Å². The number of rotatable bonds is 10. The van der Waals surface area contributed by atoms with Crippen molar-refractivity contribution in [2.45, 2.75) is 23.4 Å². The lowest BCUT2D eigenvalue weighted by Gasteiger charge is -2.29. The van der Waals surface area contributed by atoms with Gasteiger partial charge in [0.25, 0.3) is 0 Å². The topological polar surface area (TPSA) is 148 Å². The number of nitro benzene ring substituents is 1. The Labute approximate surface area is 242 Å². The number of ketones is 1. The second-order valence-electron chi connectivity index (χ2n) is 9.23. The van der Waals surface area contributed by atoms with Crippen LogP contribution in [0.2, 0.25) is 0 Å². The molecule has 0 spiro atoms. The molecule has 42 heavy (non-hydrogen) atoms. The highest BCUT2D eigenvalue weighted by Gasteiger charge is 2.25. The number of H-pyrrole nitrogens is 1. The van der Waals surface area contributed by atoms with Crippen LogP contribution < -0.4 is 15.0 Å². The maximum absolute atomic E-state index is 15.3. The Morgan fingerprint density at radius 1 is 1.21 bits per heavy atom. The SMILES string of the molecule is COc1c(Nc2cc(C)[nH]n2)nc(Sc2ccc(C(=O)Cc3cccc([N+](=O)[O-])c3F)cc2F)nc1N1CCOCC1. The number of Topliss-reactive ketones (excluding diaryl/α,β-unsaturated/α-hetero) is 1. The molecule has 2 aromatic heterocycles. The Kier molecular flexibility index (Phi) is 8.59. The van der Waals surface area contributed by atoms with Gasteiger partial charge in [0.1, 0.15) is 5.82 Å². The average Bonchev–Trinajstić information content (AvgIpc) is 3.39. The molecule has 2 aromatic carbocycles. The lowest BCUT2D eigenvalue weighted by atomic mass is 10.0. The van der Waals surface area contributed by atoms with Crippen molar-refractivity contribution in [1.29, 1.82) is 0 Å². The number of morpholine rings is 1. The van der Waals surface area contributed by atoms with Crippen molar-refractivity contribution >= 4 is 40.7 Å². The Morgan fingerprint density at radius 3 is 2.67 bits per heavy atom. The van der Waals surface area contributed by atoms with Crippen molar-refractivity contribution in [2.75, 3.05) is 43.6 Å². The molecule has 15 heteroatoms. The first kappa shape index (κ1) is 28.9. The fourth-order valence-electron chi connectivity index (χ4n) is 4.30. The van der Waals surface area contributed by atoms with E-state index in [0.29, 0.717) is 49.5 Å². The summed E-state index contributed by atoms with van der Waals surface area (Å²) in [6.45, 7) is 3.99. The number of hydrogen-bond donors (Lipinski definition) is 2. The number of ether oxygens (including phenoxy) is 2. The monoisotopic (exact) mass is 597 g/mol. The number of benzene rings is 2. The minimum atomic E-state index is -1.09. The van der Waals surface area contributed by atoms with Gasteiger partial charge in [-0.05, 0) is 30.8 Å². The van der Waals surface area contributed by atoms with Crippen LogP contribution >= 0.6 is 11.8 Å². The van der Waals surface area contributed by atoms with E-state index < -0.39 is 34.4 Å². The molecule has 0 aliphatic carbocycles. The molecule has 0 radical (unpaired) electrons. The van der Waals surface area contributed by atoms with Crippen molar-refractivity contribution in [1.82, 2.24) is 20.2 Å². The van der Waals surface area contributed by atoms with Crippen LogP contribution in [0.5, 0.6) is 5.75 Å². The van der Waals surface area contributed by atoms with E-state index in [2.05, 4.69) is 25.5 Å². The highest BCUT2D eigenvalue weighted by atomic mass is 32.2. The summed E-state index contributed by atoms with van der Waals surface area (Å²) in [5.74, 6) is -0.686. The normalized spacial score (nSPS) is 13.2. The van der Waals surface area contributed by atoms with E-state index in [1.165, 1.54) is 31.4 Å². The van der Waals surface area contributed by atoms with Crippen molar-refractivity contribution in [3.63, 3.8) is 0 Å². The lowest BCUT2D eigenvalue weighted by Crippen LogP contribution is -2.37. The van der Waals surface area contributed by atoms with Crippen LogP contribution in [0.4, 0.5) is 31.9 Å². The van der Waals surface area contributed by atoms with Gasteiger partial charge in [0.05, 0.1) is 30.1 Å². The van der Waals surface area contributed by atoms with Crippen molar-refractivity contribution in [3.8, 4) is 5.75 Å². The number of aromatic nitrogens is 4. The van der Waals surface area contributed by atoms with Crippen LogP contribution in [0.1, 0.15) is 21.6 Å². The maximum Gasteiger partial charge on any atom is 0.305 e. The zero-order valence-corrected chi connectivity index (χ0v) is 23.3. The Hall–Kier alpha value is -4.63. The molecular weight excluding hydrogens is 572 g/mol. The van der Waals surface area contributed by atoms with E-state index in [1.54, 1.807) is 6.07 Å². The standard InChI is InChI=1S/C27H25F2N7O5S/c1-15-12-22(34-33-15)30-25-24(40-2)26(35-8-10-41-11-9-35)32-27(31-25)42-21-7-6-16(13-18(21)28)20(37)14-17-4-3-5-19(23(17)29)36(38)39/h3-7,12-13H,8-11,14H2,1-2H3,(H2,30,31,32,33,34). The van der Waals surface area contributed by atoms with Crippen LogP contribution in [0.3, 0.4) is 0 Å². The minimum Gasteiger partial charge on any atom is -0.490 e. The van der Waals surface area contributed by atoms with E-state index in [-0.39, 0.29) is 21.2 Å². The number of hydrogen-bond acceptors (Lipinski definition) is 11. The van der Waals surface area contributed by atoms with Crippen molar-refractivity contribution < 1.29 is 28.0 Å². The average molecular weight is 598 g/mol. The fourth-order valence-corrected chi connectivity index (χ4v) is 5.06. The predicted molar refractivity (Wildman–Crippen MR) is 150 cm³/mol. The number of aryl methyl sites for hydroxylation is 1. The van der Waals surface area contributed by atoms with E-state index in [1.807, 2.05) is 11.8 Å². The van der Waals surface area contributed by atoms with Gasteiger partial charge in [-0.15, -0.1) is 0 Å². The molecule has 2 N–H and O–H groups in total. The first-order valence-electron chi connectivity index (χ1n) is 12.7. The fraction of sp³-hybridized carbons (Fsp3) is 0.259. The lowest BCUT2D eigenvalue weighted by molar-refractivity contribution is -0.387. The molecule has 0 bridgehead atoms. The quantitative estimate of drug-likeness (QED) is 0.112. The third kappa shape index (κ3) is 6.31. The molecule has 1 saturated heterocycles. The Bertz CT molecular complexity index is 1650. The molecule has 5 rings (SSSR count). The molecule has 218 valence electrons.